The van der Waals surface area contributed by atoms with Gasteiger partial charge in [0.15, 0.2) is 0 Å². The Hall–Kier alpha value is -2.63. The maximum absolute atomic E-state index is 13.6. The number of methoxy groups -OCH3 is 1. The Morgan fingerprint density at radius 1 is 1.00 bits per heavy atom. The fraction of sp³-hybridized carbons (Fsp3) is 0.645. The number of hydrogen-bond acceptors (Lipinski definition) is 4. The first kappa shape index (κ1) is 26.0. The number of benzene rings is 1. The Morgan fingerprint density at radius 2 is 1.70 bits per heavy atom. The highest BCUT2D eigenvalue weighted by Gasteiger charge is 2.62. The van der Waals surface area contributed by atoms with Crippen LogP contribution in [0.15, 0.2) is 36.4 Å². The van der Waals surface area contributed by atoms with Gasteiger partial charge in [-0.3, -0.25) is 19.3 Å². The van der Waals surface area contributed by atoms with Gasteiger partial charge in [0.25, 0.3) is 11.8 Å². The number of nitrogens with one attached hydrogen (secondary N) is 1. The van der Waals surface area contributed by atoms with Crippen molar-refractivity contribution in [1.82, 2.24) is 10.2 Å². The fourth-order valence-electron chi connectivity index (χ4n) is 8.50. The zero-order valence-corrected chi connectivity index (χ0v) is 23.2. The highest BCUT2D eigenvalue weighted by molar-refractivity contribution is 6.09. The second-order valence-electron chi connectivity index (χ2n) is 13.3. The predicted molar refractivity (Wildman–Crippen MR) is 143 cm³/mol. The maximum Gasteiger partial charge on any atom is 0.261 e. The van der Waals surface area contributed by atoms with E-state index in [0.717, 1.165) is 38.5 Å². The van der Waals surface area contributed by atoms with Crippen molar-refractivity contribution in [1.29, 1.82) is 0 Å². The summed E-state index contributed by atoms with van der Waals surface area (Å²) in [5.41, 5.74) is 0.0280. The molecule has 0 saturated heterocycles. The zero-order valence-electron chi connectivity index (χ0n) is 23.2. The van der Waals surface area contributed by atoms with Gasteiger partial charge in [-0.2, -0.15) is 0 Å². The Kier molecular flexibility index (Phi) is 6.32. The molecule has 0 spiro atoms. The molecule has 6 heteroatoms. The summed E-state index contributed by atoms with van der Waals surface area (Å²) in [7, 11) is 1.60. The first-order valence-electron chi connectivity index (χ1n) is 13.9. The zero-order chi connectivity index (χ0) is 26.8. The Bertz CT molecular complexity index is 1120. The Labute approximate surface area is 221 Å². The molecule has 3 fully saturated rings. The van der Waals surface area contributed by atoms with Crippen molar-refractivity contribution in [3.8, 4) is 5.75 Å². The van der Waals surface area contributed by atoms with Crippen molar-refractivity contribution in [3.05, 3.63) is 42.0 Å². The minimum Gasteiger partial charge on any atom is -0.497 e. The van der Waals surface area contributed by atoms with Crippen LogP contribution in [0.4, 0.5) is 0 Å². The van der Waals surface area contributed by atoms with Gasteiger partial charge in [-0.15, -0.1) is 0 Å². The van der Waals surface area contributed by atoms with Crippen LogP contribution in [0.2, 0.25) is 0 Å². The van der Waals surface area contributed by atoms with Crippen LogP contribution in [0.3, 0.4) is 0 Å². The molecule has 1 heterocycles. The van der Waals surface area contributed by atoms with Crippen LogP contribution in [0, 0.1) is 34.5 Å². The second-order valence-corrected chi connectivity index (χ2v) is 13.3. The van der Waals surface area contributed by atoms with Gasteiger partial charge in [0.2, 0.25) is 5.91 Å². The molecule has 0 bridgehead atoms. The van der Waals surface area contributed by atoms with Crippen LogP contribution in [-0.4, -0.2) is 41.3 Å². The van der Waals surface area contributed by atoms with Crippen LogP contribution < -0.4 is 10.1 Å². The topological polar surface area (TPSA) is 75.7 Å². The molecular weight excluding hydrogens is 464 g/mol. The first-order valence-corrected chi connectivity index (χ1v) is 13.9. The molecule has 0 aromatic heterocycles. The average molecular weight is 507 g/mol. The second kappa shape index (κ2) is 8.99. The van der Waals surface area contributed by atoms with E-state index in [1.54, 1.807) is 37.5 Å². The van der Waals surface area contributed by atoms with E-state index in [0.29, 0.717) is 29.1 Å². The van der Waals surface area contributed by atoms with Gasteiger partial charge >= 0.3 is 0 Å². The molecule has 3 aliphatic carbocycles. The molecule has 37 heavy (non-hydrogen) atoms. The highest BCUT2D eigenvalue weighted by atomic mass is 16.5. The lowest BCUT2D eigenvalue weighted by Crippen LogP contribution is -2.62. The molecule has 1 aliphatic heterocycles. The molecule has 1 N–H and O–H groups in total. The molecule has 6 nitrogen and oxygen atoms in total. The van der Waals surface area contributed by atoms with Gasteiger partial charge in [0.1, 0.15) is 5.75 Å². The fourth-order valence-corrected chi connectivity index (χ4v) is 8.50. The number of fused-ring (bicyclic) bond motifs is 5. The summed E-state index contributed by atoms with van der Waals surface area (Å²) in [5.74, 6) is 1.89. The van der Waals surface area contributed by atoms with Crippen LogP contribution in [-0.2, 0) is 9.59 Å². The van der Waals surface area contributed by atoms with Gasteiger partial charge in [-0.25, -0.2) is 0 Å². The molecule has 4 aliphatic rings. The number of carbonyl (C=O) groups excluding carboxylic acids is 3. The number of nitrogens with zero attached hydrogens (tertiary/aromatic N) is 1. The number of hydrogen-bond donors (Lipinski definition) is 1. The van der Waals surface area contributed by atoms with Crippen molar-refractivity contribution in [2.75, 3.05) is 7.11 Å². The number of carbonyl (C=O) groups is 3. The van der Waals surface area contributed by atoms with Gasteiger partial charge < -0.3 is 10.1 Å². The van der Waals surface area contributed by atoms with Crippen molar-refractivity contribution in [2.24, 2.45) is 34.5 Å². The van der Waals surface area contributed by atoms with Crippen LogP contribution in [0.1, 0.15) is 83.5 Å². The Balaban J connectivity index is 1.40. The van der Waals surface area contributed by atoms with E-state index in [4.69, 9.17) is 4.74 Å². The molecule has 200 valence electrons. The van der Waals surface area contributed by atoms with Gasteiger partial charge in [0.05, 0.1) is 7.11 Å². The monoisotopic (exact) mass is 506 g/mol. The third-order valence-corrected chi connectivity index (χ3v) is 10.2. The summed E-state index contributed by atoms with van der Waals surface area (Å²) in [6, 6.07) is 6.86. The van der Waals surface area contributed by atoms with Crippen LogP contribution >= 0.6 is 0 Å². The van der Waals surface area contributed by atoms with Gasteiger partial charge in [-0.1, -0.05) is 19.9 Å². The van der Waals surface area contributed by atoms with E-state index in [9.17, 15) is 14.4 Å². The highest BCUT2D eigenvalue weighted by Crippen LogP contribution is 2.65. The van der Waals surface area contributed by atoms with Crippen molar-refractivity contribution >= 4 is 17.7 Å². The number of imide groups is 1. The van der Waals surface area contributed by atoms with E-state index in [1.807, 2.05) is 20.8 Å². The van der Waals surface area contributed by atoms with Gasteiger partial charge in [0, 0.05) is 34.6 Å². The molecule has 3 amide bonds. The molecule has 5 rings (SSSR count). The number of amides is 3. The normalized spacial score (nSPS) is 36.9. The van der Waals surface area contributed by atoms with E-state index in [-0.39, 0.29) is 46.1 Å². The average Bonchev–Trinajstić information content (AvgIpc) is 3.20. The lowest BCUT2D eigenvalue weighted by Gasteiger charge is -2.60. The summed E-state index contributed by atoms with van der Waals surface area (Å²) in [6.07, 6.45) is 9.59. The summed E-state index contributed by atoms with van der Waals surface area (Å²) in [5, 5.41) is 3.25. The van der Waals surface area contributed by atoms with E-state index in [2.05, 4.69) is 25.2 Å². The quantitative estimate of drug-likeness (QED) is 0.559. The molecular formula is C31H42N2O4. The smallest absolute Gasteiger partial charge is 0.261 e. The SMILES string of the molecule is COc1ccc(C(=O)N2C(=O)C=C[C@]3(C)[C@H]4CC[C@]5(C)[C@@H](C(=O)NC(C)(C)C)CC[C@H]5[C@@H]4CC[C@@H]23)cc1. The van der Waals surface area contributed by atoms with Crippen molar-refractivity contribution in [2.45, 2.75) is 84.7 Å². The van der Waals surface area contributed by atoms with E-state index in [1.165, 1.54) is 4.90 Å². The molecule has 7 atom stereocenters. The summed E-state index contributed by atoms with van der Waals surface area (Å²) in [4.78, 5) is 41.5. The lowest BCUT2D eigenvalue weighted by molar-refractivity contribution is -0.141. The van der Waals surface area contributed by atoms with Crippen molar-refractivity contribution < 1.29 is 19.1 Å². The van der Waals surface area contributed by atoms with Crippen LogP contribution in [0.25, 0.3) is 0 Å². The standard InChI is InChI=1S/C31H42N2O4/c1-29(2,3)32-27(35)24-13-12-22-21-11-14-25-31(5,23(21)15-17-30(22,24)4)18-16-26(34)33(25)28(36)19-7-9-20(37-6)10-8-19/h7-10,16,18,21-25H,11-15,17H2,1-6H3,(H,32,35)/t21-,22-,23-,24+,25+,30-,31+/m0/s1. The van der Waals surface area contributed by atoms with E-state index >= 15 is 0 Å². The molecule has 0 radical (unpaired) electrons. The predicted octanol–water partition coefficient (Wildman–Crippen LogP) is 5.38. The van der Waals surface area contributed by atoms with Gasteiger partial charge in [-0.05, 0) is 107 Å². The summed E-state index contributed by atoms with van der Waals surface area (Å²) >= 11 is 0. The third-order valence-electron chi connectivity index (χ3n) is 10.2. The maximum atomic E-state index is 13.6. The van der Waals surface area contributed by atoms with Crippen molar-refractivity contribution in [3.63, 3.8) is 0 Å². The largest absolute Gasteiger partial charge is 0.497 e. The lowest BCUT2D eigenvalue weighted by atomic mass is 9.47. The Morgan fingerprint density at radius 3 is 2.35 bits per heavy atom. The first-order chi connectivity index (χ1) is 17.4. The molecule has 0 unspecified atom stereocenters. The summed E-state index contributed by atoms with van der Waals surface area (Å²) in [6.45, 7) is 10.8. The minimum absolute atomic E-state index is 0.00645. The third kappa shape index (κ3) is 4.21. The summed E-state index contributed by atoms with van der Waals surface area (Å²) < 4.78 is 5.24. The van der Waals surface area contributed by atoms with Crippen LogP contribution in [0.5, 0.6) is 5.75 Å². The number of ether oxygens (including phenoxy) is 1. The van der Waals surface area contributed by atoms with E-state index < -0.39 is 0 Å². The molecule has 3 saturated carbocycles. The minimum atomic E-state index is -0.258. The molecule has 1 aromatic rings. The molecule has 1 aromatic carbocycles. The number of rotatable bonds is 3.